The first-order valence-corrected chi connectivity index (χ1v) is 7.55. The largest absolute Gasteiger partial charge is 0.379 e. The number of nitrogens with zero attached hydrogens (tertiary/aromatic N) is 2. The summed E-state index contributed by atoms with van der Waals surface area (Å²) in [6, 6.07) is 0.315. The van der Waals surface area contributed by atoms with E-state index in [2.05, 4.69) is 15.9 Å². The Morgan fingerprint density at radius 3 is 2.40 bits per heavy atom. The fourth-order valence-corrected chi connectivity index (χ4v) is 3.41. The van der Waals surface area contributed by atoms with Crippen molar-refractivity contribution in [3.63, 3.8) is 0 Å². The summed E-state index contributed by atoms with van der Waals surface area (Å²) < 4.78 is 22.8. The molecule has 20 heavy (non-hydrogen) atoms. The minimum atomic E-state index is -0.171. The summed E-state index contributed by atoms with van der Waals surface area (Å²) in [6.07, 6.45) is 2.36. The minimum absolute atomic E-state index is 0.169. The summed E-state index contributed by atoms with van der Waals surface area (Å²) in [4.78, 5) is 4.81. The summed E-state index contributed by atoms with van der Waals surface area (Å²) in [5.74, 6) is 0. The molecule has 3 fully saturated rings. The zero-order valence-electron chi connectivity index (χ0n) is 11.7. The number of hydrogen-bond donors (Lipinski definition) is 0. The number of fused-ring (bicyclic) bond motifs is 2. The highest BCUT2D eigenvalue weighted by atomic mass is 16.7. The quantitative estimate of drug-likeness (QED) is 0.690. The molecule has 0 aromatic heterocycles. The zero-order valence-corrected chi connectivity index (χ0v) is 11.7. The van der Waals surface area contributed by atoms with E-state index < -0.39 is 0 Å². The van der Waals surface area contributed by atoms with Crippen LogP contribution in [0.5, 0.6) is 0 Å². The van der Waals surface area contributed by atoms with Gasteiger partial charge in [-0.3, -0.25) is 4.90 Å². The van der Waals surface area contributed by atoms with Crippen molar-refractivity contribution >= 4 is 0 Å². The van der Waals surface area contributed by atoms with Crippen LogP contribution in [0.15, 0.2) is 11.8 Å². The van der Waals surface area contributed by atoms with Crippen LogP contribution >= 0.6 is 0 Å². The highest BCUT2D eigenvalue weighted by Gasteiger charge is 2.43. The molecule has 0 saturated carbocycles. The van der Waals surface area contributed by atoms with Crippen molar-refractivity contribution in [2.75, 3.05) is 59.2 Å². The van der Waals surface area contributed by atoms with Crippen LogP contribution in [0.25, 0.3) is 0 Å². The fourth-order valence-electron chi connectivity index (χ4n) is 3.41. The predicted octanol–water partition coefficient (Wildman–Crippen LogP) is -0.342. The number of rotatable bonds is 2. The highest BCUT2D eigenvalue weighted by Crippen LogP contribution is 2.32. The van der Waals surface area contributed by atoms with Gasteiger partial charge in [-0.2, -0.15) is 0 Å². The van der Waals surface area contributed by atoms with Crippen molar-refractivity contribution in [2.24, 2.45) is 0 Å². The smallest absolute Gasteiger partial charge is 0.199 e. The van der Waals surface area contributed by atoms with Crippen molar-refractivity contribution in [3.8, 4) is 0 Å². The molecule has 0 spiro atoms. The summed E-state index contributed by atoms with van der Waals surface area (Å²) in [6.45, 7) is 7.69. The van der Waals surface area contributed by atoms with Crippen LogP contribution in [0, 0.1) is 0 Å². The second kappa shape index (κ2) is 5.61. The molecule has 0 N–H and O–H groups in total. The van der Waals surface area contributed by atoms with Gasteiger partial charge in [0.15, 0.2) is 6.29 Å². The van der Waals surface area contributed by atoms with E-state index in [0.29, 0.717) is 12.6 Å². The third-order valence-electron chi connectivity index (χ3n) is 4.52. The van der Waals surface area contributed by atoms with E-state index in [-0.39, 0.29) is 12.4 Å². The van der Waals surface area contributed by atoms with E-state index in [1.165, 1.54) is 5.70 Å². The van der Waals surface area contributed by atoms with Crippen LogP contribution in [0.4, 0.5) is 0 Å². The first-order valence-electron chi connectivity index (χ1n) is 7.55. The minimum Gasteiger partial charge on any atom is -0.379 e. The Balaban J connectivity index is 1.55. The van der Waals surface area contributed by atoms with Gasteiger partial charge in [-0.15, -0.1) is 0 Å². The molecule has 0 unspecified atom stereocenters. The molecule has 4 rings (SSSR count). The van der Waals surface area contributed by atoms with Gasteiger partial charge in [-0.1, -0.05) is 0 Å². The molecule has 0 aliphatic carbocycles. The molecule has 112 valence electrons. The van der Waals surface area contributed by atoms with Gasteiger partial charge in [0.05, 0.1) is 44.8 Å². The van der Waals surface area contributed by atoms with E-state index in [9.17, 15) is 0 Å². The first-order chi connectivity index (χ1) is 9.92. The normalized spacial score (nSPS) is 38.9. The van der Waals surface area contributed by atoms with Crippen LogP contribution in [-0.4, -0.2) is 87.4 Å². The molecular weight excluding hydrogens is 260 g/mol. The Hall–Kier alpha value is -0.660. The van der Waals surface area contributed by atoms with Crippen molar-refractivity contribution in [3.05, 3.63) is 11.8 Å². The molecular formula is C14H22N2O4. The van der Waals surface area contributed by atoms with Gasteiger partial charge in [-0.05, 0) is 6.08 Å². The molecule has 0 amide bonds. The van der Waals surface area contributed by atoms with E-state index in [0.717, 1.165) is 52.6 Å². The van der Waals surface area contributed by atoms with Crippen LogP contribution in [0.3, 0.4) is 0 Å². The van der Waals surface area contributed by atoms with Gasteiger partial charge >= 0.3 is 0 Å². The average Bonchev–Trinajstić information content (AvgIpc) is 2.93. The molecule has 0 aromatic rings. The van der Waals surface area contributed by atoms with Gasteiger partial charge in [0, 0.05) is 26.2 Å². The van der Waals surface area contributed by atoms with Gasteiger partial charge < -0.3 is 23.8 Å². The van der Waals surface area contributed by atoms with Crippen molar-refractivity contribution in [1.82, 2.24) is 9.80 Å². The number of ether oxygens (including phenoxy) is 4. The van der Waals surface area contributed by atoms with Crippen molar-refractivity contribution in [1.29, 1.82) is 0 Å². The molecule has 4 aliphatic rings. The standard InChI is InChI=1S/C14H22N2O4/c1-5-17-6-2-15(1)11-9-12(14-19-10-13(11)20-14)16-3-7-18-8-4-16/h9,11,13-14H,1-8,10H2/t11-,13+,14+/m0/s1. The van der Waals surface area contributed by atoms with E-state index >= 15 is 0 Å². The topological polar surface area (TPSA) is 43.4 Å². The van der Waals surface area contributed by atoms with Crippen LogP contribution in [0.1, 0.15) is 0 Å². The highest BCUT2D eigenvalue weighted by molar-refractivity contribution is 5.18. The lowest BCUT2D eigenvalue weighted by Crippen LogP contribution is -2.52. The molecule has 6 heteroatoms. The predicted molar refractivity (Wildman–Crippen MR) is 71.3 cm³/mol. The first kappa shape index (κ1) is 13.0. The molecule has 2 bridgehead atoms. The van der Waals surface area contributed by atoms with Crippen molar-refractivity contribution in [2.45, 2.75) is 18.4 Å². The Labute approximate surface area is 119 Å². The summed E-state index contributed by atoms with van der Waals surface area (Å²) in [5, 5.41) is 0. The summed E-state index contributed by atoms with van der Waals surface area (Å²) in [7, 11) is 0. The third kappa shape index (κ3) is 2.35. The lowest BCUT2D eigenvalue weighted by molar-refractivity contribution is -0.0846. The number of hydrogen-bond acceptors (Lipinski definition) is 6. The Kier molecular flexibility index (Phi) is 3.66. The molecule has 4 aliphatic heterocycles. The lowest BCUT2D eigenvalue weighted by atomic mass is 10.1. The molecule has 0 radical (unpaired) electrons. The monoisotopic (exact) mass is 282 g/mol. The zero-order chi connectivity index (χ0) is 13.4. The lowest BCUT2D eigenvalue weighted by Gasteiger charge is -2.40. The average molecular weight is 282 g/mol. The van der Waals surface area contributed by atoms with Crippen LogP contribution in [-0.2, 0) is 18.9 Å². The molecule has 3 saturated heterocycles. The molecule has 6 nitrogen and oxygen atoms in total. The summed E-state index contributed by atoms with van der Waals surface area (Å²) >= 11 is 0. The molecule has 0 aromatic carbocycles. The van der Waals surface area contributed by atoms with Gasteiger partial charge in [0.25, 0.3) is 0 Å². The van der Waals surface area contributed by atoms with E-state index in [1.807, 2.05) is 0 Å². The maximum atomic E-state index is 6.07. The maximum absolute atomic E-state index is 6.07. The number of morpholine rings is 2. The SMILES string of the molecule is C1=C(N2CCOCC2)[C@@H]2OC[C@@H](O2)[C@H]1N1CCOCC1. The Morgan fingerprint density at radius 2 is 1.65 bits per heavy atom. The second-order valence-electron chi connectivity index (χ2n) is 5.67. The Morgan fingerprint density at radius 1 is 0.950 bits per heavy atom. The van der Waals surface area contributed by atoms with Gasteiger partial charge in [0.1, 0.15) is 6.10 Å². The van der Waals surface area contributed by atoms with Crippen LogP contribution in [0.2, 0.25) is 0 Å². The van der Waals surface area contributed by atoms with Gasteiger partial charge in [-0.25, -0.2) is 0 Å². The van der Waals surface area contributed by atoms with E-state index in [1.54, 1.807) is 0 Å². The van der Waals surface area contributed by atoms with Crippen LogP contribution < -0.4 is 0 Å². The third-order valence-corrected chi connectivity index (χ3v) is 4.52. The van der Waals surface area contributed by atoms with E-state index in [4.69, 9.17) is 18.9 Å². The summed E-state index contributed by atoms with van der Waals surface area (Å²) in [5.41, 5.74) is 1.19. The van der Waals surface area contributed by atoms with Crippen molar-refractivity contribution < 1.29 is 18.9 Å². The second-order valence-corrected chi connectivity index (χ2v) is 5.67. The Bertz CT molecular complexity index is 377. The molecule has 4 heterocycles. The fraction of sp³-hybridized carbons (Fsp3) is 0.857. The molecule has 3 atom stereocenters. The maximum Gasteiger partial charge on any atom is 0.199 e. The van der Waals surface area contributed by atoms with Gasteiger partial charge in [0.2, 0.25) is 0 Å².